The summed E-state index contributed by atoms with van der Waals surface area (Å²) in [7, 11) is 0. The Bertz CT molecular complexity index is 560. The van der Waals surface area contributed by atoms with Gasteiger partial charge < -0.3 is 11.1 Å². The van der Waals surface area contributed by atoms with Crippen molar-refractivity contribution in [2.75, 3.05) is 11.5 Å². The molecule has 1 aliphatic rings. The van der Waals surface area contributed by atoms with Crippen LogP contribution in [0.15, 0.2) is 11.0 Å². The second kappa shape index (κ2) is 5.21. The second-order valence-corrected chi connectivity index (χ2v) is 5.44. The number of hydrogen-bond donors (Lipinski definition) is 2. The van der Waals surface area contributed by atoms with Gasteiger partial charge in [-0.25, -0.2) is 4.39 Å². The van der Waals surface area contributed by atoms with Crippen LogP contribution in [0.25, 0.3) is 0 Å². The van der Waals surface area contributed by atoms with E-state index in [9.17, 15) is 14.0 Å². The standard InChI is InChI=1S/C13H15FN2O2S/c1-3-7-8(14)4-9(15)11-12(18)10(16-6(2)17)5-19-13(7)11/h4,10H,3,5,15H2,1-2H3,(H,16,17). The zero-order valence-electron chi connectivity index (χ0n) is 10.7. The highest BCUT2D eigenvalue weighted by atomic mass is 32.2. The third-order valence-corrected chi connectivity index (χ3v) is 4.29. The van der Waals surface area contributed by atoms with Gasteiger partial charge in [0.05, 0.1) is 5.56 Å². The summed E-state index contributed by atoms with van der Waals surface area (Å²) in [5.74, 6) is -0.478. The summed E-state index contributed by atoms with van der Waals surface area (Å²) >= 11 is 1.37. The number of nitrogens with two attached hydrogens (primary N) is 1. The summed E-state index contributed by atoms with van der Waals surface area (Å²) in [5, 5.41) is 2.59. The SMILES string of the molecule is CCc1c(F)cc(N)c2c1SCC(NC(C)=O)C2=O. The quantitative estimate of drug-likeness (QED) is 0.811. The van der Waals surface area contributed by atoms with Gasteiger partial charge in [-0.05, 0) is 12.5 Å². The number of carbonyl (C=O) groups excluding carboxylic acids is 2. The first-order valence-electron chi connectivity index (χ1n) is 6.00. The largest absolute Gasteiger partial charge is 0.398 e. The van der Waals surface area contributed by atoms with E-state index < -0.39 is 6.04 Å². The molecule has 1 aliphatic heterocycles. The Morgan fingerprint density at radius 3 is 2.89 bits per heavy atom. The highest BCUT2D eigenvalue weighted by Crippen LogP contribution is 2.38. The van der Waals surface area contributed by atoms with Gasteiger partial charge in [-0.3, -0.25) is 9.59 Å². The fourth-order valence-electron chi connectivity index (χ4n) is 2.20. The van der Waals surface area contributed by atoms with Crippen molar-refractivity contribution in [2.24, 2.45) is 0 Å². The summed E-state index contributed by atoms with van der Waals surface area (Å²) < 4.78 is 13.8. The van der Waals surface area contributed by atoms with Crippen molar-refractivity contribution in [3.8, 4) is 0 Å². The molecule has 0 fully saturated rings. The average Bonchev–Trinajstić information content (AvgIpc) is 2.32. The normalized spacial score (nSPS) is 18.1. The Balaban J connectivity index is 2.49. The Hall–Kier alpha value is -1.56. The lowest BCUT2D eigenvalue weighted by Crippen LogP contribution is -2.44. The van der Waals surface area contributed by atoms with Gasteiger partial charge in [0.25, 0.3) is 0 Å². The second-order valence-electron chi connectivity index (χ2n) is 4.41. The van der Waals surface area contributed by atoms with Crippen molar-refractivity contribution in [2.45, 2.75) is 31.2 Å². The molecule has 1 amide bonds. The van der Waals surface area contributed by atoms with Crippen LogP contribution in [0.3, 0.4) is 0 Å². The van der Waals surface area contributed by atoms with Crippen LogP contribution >= 0.6 is 11.8 Å². The number of ketones is 1. The number of nitrogen functional groups attached to an aromatic ring is 1. The maximum Gasteiger partial charge on any atom is 0.217 e. The first-order valence-corrected chi connectivity index (χ1v) is 6.99. The summed E-state index contributed by atoms with van der Waals surface area (Å²) in [5.41, 5.74) is 6.76. The van der Waals surface area contributed by atoms with E-state index in [0.29, 0.717) is 28.2 Å². The lowest BCUT2D eigenvalue weighted by molar-refractivity contribution is -0.119. The van der Waals surface area contributed by atoms with Crippen molar-refractivity contribution in [3.63, 3.8) is 0 Å². The number of amides is 1. The minimum atomic E-state index is -0.590. The molecule has 1 aromatic rings. The molecule has 0 saturated carbocycles. The maximum atomic E-state index is 13.8. The average molecular weight is 282 g/mol. The first-order chi connectivity index (χ1) is 8.95. The van der Waals surface area contributed by atoms with Gasteiger partial charge in [-0.2, -0.15) is 0 Å². The van der Waals surface area contributed by atoms with E-state index in [1.807, 2.05) is 6.92 Å². The number of benzene rings is 1. The Kier molecular flexibility index (Phi) is 3.80. The maximum absolute atomic E-state index is 13.8. The van der Waals surface area contributed by atoms with E-state index >= 15 is 0 Å². The van der Waals surface area contributed by atoms with Crippen LogP contribution in [0, 0.1) is 5.82 Å². The lowest BCUT2D eigenvalue weighted by Gasteiger charge is -2.26. The Morgan fingerprint density at radius 1 is 1.63 bits per heavy atom. The van der Waals surface area contributed by atoms with E-state index in [1.165, 1.54) is 24.8 Å². The van der Waals surface area contributed by atoms with Gasteiger partial charge in [-0.15, -0.1) is 11.8 Å². The Morgan fingerprint density at radius 2 is 2.32 bits per heavy atom. The van der Waals surface area contributed by atoms with Crippen LogP contribution in [0.2, 0.25) is 0 Å². The van der Waals surface area contributed by atoms with Gasteiger partial charge in [-0.1, -0.05) is 6.92 Å². The number of carbonyl (C=O) groups is 2. The summed E-state index contributed by atoms with van der Waals surface area (Å²) in [6.07, 6.45) is 0.500. The number of thioether (sulfide) groups is 1. The van der Waals surface area contributed by atoms with Gasteiger partial charge in [0.2, 0.25) is 5.91 Å². The molecule has 1 heterocycles. The number of halogens is 1. The molecule has 1 atom stereocenters. The highest BCUT2D eigenvalue weighted by molar-refractivity contribution is 7.99. The Labute approximate surface area is 114 Å². The van der Waals surface area contributed by atoms with Crippen LogP contribution in [0.4, 0.5) is 10.1 Å². The number of fused-ring (bicyclic) bond motifs is 1. The molecule has 6 heteroatoms. The van der Waals surface area contributed by atoms with E-state index in [0.717, 1.165) is 0 Å². The van der Waals surface area contributed by atoms with Crippen molar-refractivity contribution in [3.05, 3.63) is 23.0 Å². The zero-order chi connectivity index (χ0) is 14.2. The van der Waals surface area contributed by atoms with Gasteiger partial charge in [0.15, 0.2) is 5.78 Å². The third-order valence-electron chi connectivity index (χ3n) is 3.05. The fraction of sp³-hybridized carbons (Fsp3) is 0.385. The van der Waals surface area contributed by atoms with Crippen LogP contribution in [0.5, 0.6) is 0 Å². The van der Waals surface area contributed by atoms with Gasteiger partial charge in [0, 0.05) is 28.8 Å². The number of nitrogens with one attached hydrogen (secondary N) is 1. The van der Waals surface area contributed by atoms with Gasteiger partial charge >= 0.3 is 0 Å². The van der Waals surface area contributed by atoms with Crippen LogP contribution in [-0.2, 0) is 11.2 Å². The molecule has 2 rings (SSSR count). The monoisotopic (exact) mass is 282 g/mol. The van der Waals surface area contributed by atoms with Crippen molar-refractivity contribution < 1.29 is 14.0 Å². The minimum absolute atomic E-state index is 0.136. The fourth-order valence-corrected chi connectivity index (χ4v) is 3.55. The van der Waals surface area contributed by atoms with Crippen molar-refractivity contribution in [1.29, 1.82) is 0 Å². The van der Waals surface area contributed by atoms with E-state index in [1.54, 1.807) is 0 Å². The summed E-state index contributed by atoms with van der Waals surface area (Å²) in [6.45, 7) is 3.19. The van der Waals surface area contributed by atoms with E-state index in [4.69, 9.17) is 5.73 Å². The molecule has 0 saturated heterocycles. The van der Waals surface area contributed by atoms with Gasteiger partial charge in [0.1, 0.15) is 11.9 Å². The highest BCUT2D eigenvalue weighted by Gasteiger charge is 2.32. The predicted molar refractivity (Wildman–Crippen MR) is 72.8 cm³/mol. The number of hydrogen-bond acceptors (Lipinski definition) is 4. The molecule has 0 spiro atoms. The molecule has 19 heavy (non-hydrogen) atoms. The molecule has 1 aromatic carbocycles. The van der Waals surface area contributed by atoms with Crippen LogP contribution in [-0.4, -0.2) is 23.5 Å². The first kappa shape index (κ1) is 13.9. The summed E-state index contributed by atoms with van der Waals surface area (Å²) in [4.78, 5) is 24.0. The van der Waals surface area contributed by atoms with E-state index in [2.05, 4.69) is 5.32 Å². The molecule has 0 radical (unpaired) electrons. The molecule has 102 valence electrons. The lowest BCUT2D eigenvalue weighted by atomic mass is 9.98. The molecule has 4 nitrogen and oxygen atoms in total. The zero-order valence-corrected chi connectivity index (χ0v) is 11.6. The van der Waals surface area contributed by atoms with Crippen LogP contribution < -0.4 is 11.1 Å². The smallest absolute Gasteiger partial charge is 0.217 e. The minimum Gasteiger partial charge on any atom is -0.398 e. The number of anilines is 1. The number of Topliss-reactive ketones (excluding diaryl/α,β-unsaturated/α-hetero) is 1. The van der Waals surface area contributed by atoms with E-state index in [-0.39, 0.29) is 23.2 Å². The molecule has 0 aliphatic carbocycles. The molecular weight excluding hydrogens is 267 g/mol. The number of rotatable bonds is 2. The van der Waals surface area contributed by atoms with Crippen molar-refractivity contribution in [1.82, 2.24) is 5.32 Å². The third kappa shape index (κ3) is 2.45. The molecule has 1 unspecified atom stereocenters. The molecular formula is C13H15FN2O2S. The molecule has 0 aromatic heterocycles. The summed E-state index contributed by atoms with van der Waals surface area (Å²) in [6, 6.07) is 0.596. The molecule has 3 N–H and O–H groups in total. The molecule has 0 bridgehead atoms. The van der Waals surface area contributed by atoms with Crippen LogP contribution in [0.1, 0.15) is 29.8 Å². The predicted octanol–water partition coefficient (Wildman–Crippen LogP) is 1.76. The topological polar surface area (TPSA) is 72.2 Å². The van der Waals surface area contributed by atoms with Crippen molar-refractivity contribution >= 4 is 29.1 Å².